The largest absolute Gasteiger partial charge is 0.508 e. The second kappa shape index (κ2) is 6.05. The third kappa shape index (κ3) is 3.14. The Morgan fingerprint density at radius 2 is 1.89 bits per heavy atom. The quantitative estimate of drug-likeness (QED) is 0.829. The molecule has 0 aliphatic carbocycles. The molecule has 0 aromatic heterocycles. The van der Waals surface area contributed by atoms with Gasteiger partial charge in [0.25, 0.3) is 0 Å². The number of hydrogen-bond donors (Lipinski definition) is 1. The summed E-state index contributed by atoms with van der Waals surface area (Å²) in [6.07, 6.45) is 0.935. The molecule has 18 heavy (non-hydrogen) atoms. The first-order valence-electron chi connectivity index (χ1n) is 6.10. The fourth-order valence-electron chi connectivity index (χ4n) is 2.26. The van der Waals surface area contributed by atoms with E-state index in [1.54, 1.807) is 6.07 Å². The smallest absolute Gasteiger partial charge is 0.115 e. The van der Waals surface area contributed by atoms with Gasteiger partial charge in [0, 0.05) is 5.33 Å². The van der Waals surface area contributed by atoms with Crippen molar-refractivity contribution >= 4 is 15.9 Å². The molecule has 0 radical (unpaired) electrons. The van der Waals surface area contributed by atoms with Crippen LogP contribution in [0.5, 0.6) is 5.75 Å². The lowest BCUT2D eigenvalue weighted by molar-refractivity contribution is 0.474. The Labute approximate surface area is 117 Å². The average Bonchev–Trinajstić information content (AvgIpc) is 2.37. The topological polar surface area (TPSA) is 20.2 Å². The van der Waals surface area contributed by atoms with Crippen molar-refractivity contribution in [2.45, 2.75) is 19.3 Å². The van der Waals surface area contributed by atoms with Gasteiger partial charge in [-0.1, -0.05) is 52.3 Å². The van der Waals surface area contributed by atoms with Gasteiger partial charge in [-0.3, -0.25) is 0 Å². The molecule has 1 nitrogen and oxygen atoms in total. The van der Waals surface area contributed by atoms with Crippen molar-refractivity contribution in [3.63, 3.8) is 0 Å². The lowest BCUT2D eigenvalue weighted by Gasteiger charge is -2.17. The number of hydrogen-bond acceptors (Lipinski definition) is 1. The van der Waals surface area contributed by atoms with Gasteiger partial charge >= 0.3 is 0 Å². The van der Waals surface area contributed by atoms with Crippen molar-refractivity contribution in [1.29, 1.82) is 0 Å². The molecule has 0 fully saturated rings. The molecule has 2 rings (SSSR count). The number of rotatable bonds is 4. The monoisotopic (exact) mass is 304 g/mol. The van der Waals surface area contributed by atoms with E-state index >= 15 is 0 Å². The molecule has 0 heterocycles. The van der Waals surface area contributed by atoms with Gasteiger partial charge < -0.3 is 5.11 Å². The minimum Gasteiger partial charge on any atom is -0.508 e. The van der Waals surface area contributed by atoms with E-state index in [-0.39, 0.29) is 0 Å². The highest BCUT2D eigenvalue weighted by Crippen LogP contribution is 2.26. The number of halogens is 1. The molecular formula is C16H17BrO. The molecule has 2 aromatic carbocycles. The zero-order valence-electron chi connectivity index (χ0n) is 10.4. The maximum atomic E-state index is 9.51. The van der Waals surface area contributed by atoms with Gasteiger partial charge in [0.15, 0.2) is 0 Å². The van der Waals surface area contributed by atoms with E-state index in [1.165, 1.54) is 16.7 Å². The maximum Gasteiger partial charge on any atom is 0.115 e. The van der Waals surface area contributed by atoms with E-state index in [0.717, 1.165) is 11.8 Å². The summed E-state index contributed by atoms with van der Waals surface area (Å²) in [4.78, 5) is 0. The van der Waals surface area contributed by atoms with Crippen molar-refractivity contribution in [2.75, 3.05) is 5.33 Å². The van der Waals surface area contributed by atoms with Crippen LogP contribution in [0, 0.1) is 6.92 Å². The Bertz CT molecular complexity index is 522. The van der Waals surface area contributed by atoms with E-state index in [1.807, 2.05) is 12.1 Å². The lowest BCUT2D eigenvalue weighted by Crippen LogP contribution is -2.06. The number of alkyl halides is 1. The molecule has 2 heteroatoms. The Morgan fingerprint density at radius 3 is 2.56 bits per heavy atom. The highest BCUT2D eigenvalue weighted by Gasteiger charge is 2.13. The second-order valence-corrected chi connectivity index (χ2v) is 5.23. The van der Waals surface area contributed by atoms with Crippen LogP contribution < -0.4 is 0 Å². The standard InChI is InChI=1S/C16H17BrO/c1-12-5-2-3-8-16(12)14(11-17)9-13-6-4-7-15(18)10-13/h2-8,10,14,18H,9,11H2,1H3. The van der Waals surface area contributed by atoms with Gasteiger partial charge in [0.05, 0.1) is 0 Å². The van der Waals surface area contributed by atoms with Crippen molar-refractivity contribution in [3.8, 4) is 5.75 Å². The van der Waals surface area contributed by atoms with Crippen LogP contribution in [0.15, 0.2) is 48.5 Å². The third-order valence-electron chi connectivity index (χ3n) is 3.21. The van der Waals surface area contributed by atoms with Crippen molar-refractivity contribution < 1.29 is 5.11 Å². The van der Waals surface area contributed by atoms with E-state index < -0.39 is 0 Å². The number of phenols is 1. The van der Waals surface area contributed by atoms with Crippen LogP contribution in [-0.4, -0.2) is 10.4 Å². The molecule has 0 aliphatic heterocycles. The molecule has 0 saturated carbocycles. The Hall–Kier alpha value is -1.28. The second-order valence-electron chi connectivity index (χ2n) is 4.58. The molecule has 0 amide bonds. The number of aryl methyl sites for hydroxylation is 1. The summed E-state index contributed by atoms with van der Waals surface area (Å²) in [6.45, 7) is 2.15. The maximum absolute atomic E-state index is 9.51. The highest BCUT2D eigenvalue weighted by atomic mass is 79.9. The van der Waals surface area contributed by atoms with Gasteiger partial charge in [-0.15, -0.1) is 0 Å². The number of aromatic hydroxyl groups is 1. The molecule has 1 N–H and O–H groups in total. The first-order valence-corrected chi connectivity index (χ1v) is 7.22. The molecule has 0 spiro atoms. The molecule has 94 valence electrons. The van der Waals surface area contributed by atoms with E-state index in [4.69, 9.17) is 0 Å². The normalized spacial score (nSPS) is 12.3. The average molecular weight is 305 g/mol. The summed E-state index contributed by atoms with van der Waals surface area (Å²) in [5.74, 6) is 0.776. The van der Waals surface area contributed by atoms with Crippen LogP contribution in [0.4, 0.5) is 0 Å². The van der Waals surface area contributed by atoms with Crippen LogP contribution in [0.1, 0.15) is 22.6 Å². The Morgan fingerprint density at radius 1 is 1.11 bits per heavy atom. The number of benzene rings is 2. The first-order chi connectivity index (χ1) is 8.70. The van der Waals surface area contributed by atoms with Gasteiger partial charge in [-0.2, -0.15) is 0 Å². The summed E-state index contributed by atoms with van der Waals surface area (Å²) in [7, 11) is 0. The van der Waals surface area contributed by atoms with Crippen LogP contribution in [0.25, 0.3) is 0 Å². The lowest BCUT2D eigenvalue weighted by atomic mass is 9.91. The summed E-state index contributed by atoms with van der Waals surface area (Å²) < 4.78 is 0. The fraction of sp³-hybridized carbons (Fsp3) is 0.250. The summed E-state index contributed by atoms with van der Waals surface area (Å²) in [5.41, 5.74) is 3.86. The molecule has 0 saturated heterocycles. The fourth-order valence-corrected chi connectivity index (χ4v) is 2.84. The van der Waals surface area contributed by atoms with Crippen molar-refractivity contribution in [3.05, 3.63) is 65.2 Å². The summed E-state index contributed by atoms with van der Waals surface area (Å²) >= 11 is 3.60. The van der Waals surface area contributed by atoms with Crippen LogP contribution in [0.3, 0.4) is 0 Å². The summed E-state index contributed by atoms with van der Waals surface area (Å²) in [5, 5.41) is 10.4. The first kappa shape index (κ1) is 13.2. The van der Waals surface area contributed by atoms with E-state index in [0.29, 0.717) is 11.7 Å². The molecule has 0 aliphatic rings. The molecule has 1 atom stereocenters. The van der Waals surface area contributed by atoms with Gasteiger partial charge in [0.2, 0.25) is 0 Å². The van der Waals surface area contributed by atoms with Crippen LogP contribution in [-0.2, 0) is 6.42 Å². The van der Waals surface area contributed by atoms with Gasteiger partial charge in [0.1, 0.15) is 5.75 Å². The van der Waals surface area contributed by atoms with Crippen LogP contribution in [0.2, 0.25) is 0 Å². The third-order valence-corrected chi connectivity index (χ3v) is 3.99. The van der Waals surface area contributed by atoms with Crippen molar-refractivity contribution in [2.24, 2.45) is 0 Å². The zero-order valence-corrected chi connectivity index (χ0v) is 12.0. The Kier molecular flexibility index (Phi) is 4.43. The SMILES string of the molecule is Cc1ccccc1C(CBr)Cc1cccc(O)c1. The van der Waals surface area contributed by atoms with Gasteiger partial charge in [-0.25, -0.2) is 0 Å². The van der Waals surface area contributed by atoms with E-state index in [2.05, 4.69) is 53.2 Å². The molecule has 2 aromatic rings. The van der Waals surface area contributed by atoms with Crippen molar-refractivity contribution in [1.82, 2.24) is 0 Å². The predicted octanol–water partition coefficient (Wildman–Crippen LogP) is 4.42. The molecule has 1 unspecified atom stereocenters. The minimum absolute atomic E-state index is 0.339. The highest BCUT2D eigenvalue weighted by molar-refractivity contribution is 9.09. The molecular weight excluding hydrogens is 288 g/mol. The van der Waals surface area contributed by atoms with Gasteiger partial charge in [-0.05, 0) is 48.1 Å². The van der Waals surface area contributed by atoms with Crippen LogP contribution >= 0.6 is 15.9 Å². The minimum atomic E-state index is 0.339. The summed E-state index contributed by atoms with van der Waals surface area (Å²) in [6, 6.07) is 16.0. The zero-order chi connectivity index (χ0) is 13.0. The molecule has 0 bridgehead atoms. The predicted molar refractivity (Wildman–Crippen MR) is 79.5 cm³/mol. The Balaban J connectivity index is 2.23. The van der Waals surface area contributed by atoms with E-state index in [9.17, 15) is 5.11 Å². The number of phenolic OH excluding ortho intramolecular Hbond substituents is 1.